The minimum Gasteiger partial charge on any atom is -0.491 e. The van der Waals surface area contributed by atoms with E-state index in [0.717, 1.165) is 5.69 Å². The van der Waals surface area contributed by atoms with Gasteiger partial charge in [-0.2, -0.15) is 0 Å². The van der Waals surface area contributed by atoms with Crippen LogP contribution in [0.2, 0.25) is 0 Å². The number of aromatic nitrogens is 1. The molecule has 2 N–H and O–H groups in total. The van der Waals surface area contributed by atoms with Crippen molar-refractivity contribution in [3.05, 3.63) is 42.1 Å². The Labute approximate surface area is 117 Å². The van der Waals surface area contributed by atoms with E-state index in [4.69, 9.17) is 15.2 Å². The van der Waals surface area contributed by atoms with Crippen molar-refractivity contribution in [2.75, 3.05) is 18.9 Å². The van der Waals surface area contributed by atoms with E-state index in [9.17, 15) is 4.79 Å². The molecule has 1 heterocycles. The van der Waals surface area contributed by atoms with Crippen molar-refractivity contribution in [1.82, 2.24) is 4.57 Å². The second-order valence-electron chi connectivity index (χ2n) is 4.11. The van der Waals surface area contributed by atoms with Gasteiger partial charge in [-0.15, -0.1) is 0 Å². The SMILES string of the molecule is CCOC(=O)c1c(OCC)cn(-c2ccccc2)c1N. The summed E-state index contributed by atoms with van der Waals surface area (Å²) in [6.45, 7) is 4.35. The molecule has 1 aromatic heterocycles. The van der Waals surface area contributed by atoms with Gasteiger partial charge in [-0.05, 0) is 26.0 Å². The van der Waals surface area contributed by atoms with Crippen molar-refractivity contribution in [1.29, 1.82) is 0 Å². The van der Waals surface area contributed by atoms with Gasteiger partial charge in [0.15, 0.2) is 5.75 Å². The summed E-state index contributed by atoms with van der Waals surface area (Å²) in [6.07, 6.45) is 1.71. The maximum absolute atomic E-state index is 12.0. The fourth-order valence-corrected chi connectivity index (χ4v) is 1.97. The zero-order valence-electron chi connectivity index (χ0n) is 11.6. The van der Waals surface area contributed by atoms with Crippen LogP contribution in [0.4, 0.5) is 5.82 Å². The van der Waals surface area contributed by atoms with E-state index in [1.165, 1.54) is 0 Å². The zero-order chi connectivity index (χ0) is 14.5. The molecule has 0 radical (unpaired) electrons. The van der Waals surface area contributed by atoms with Gasteiger partial charge in [0.2, 0.25) is 0 Å². The smallest absolute Gasteiger partial charge is 0.345 e. The van der Waals surface area contributed by atoms with E-state index < -0.39 is 5.97 Å². The average molecular weight is 274 g/mol. The summed E-state index contributed by atoms with van der Waals surface area (Å²) < 4.78 is 12.2. The molecule has 0 amide bonds. The maximum Gasteiger partial charge on any atom is 0.345 e. The lowest BCUT2D eigenvalue weighted by atomic mass is 10.3. The summed E-state index contributed by atoms with van der Waals surface area (Å²) in [6, 6.07) is 9.53. The number of rotatable bonds is 5. The lowest BCUT2D eigenvalue weighted by Crippen LogP contribution is -2.09. The van der Waals surface area contributed by atoms with Gasteiger partial charge < -0.3 is 15.2 Å². The monoisotopic (exact) mass is 274 g/mol. The second kappa shape index (κ2) is 6.14. The lowest BCUT2D eigenvalue weighted by molar-refractivity contribution is 0.0523. The molecule has 0 aliphatic carbocycles. The van der Waals surface area contributed by atoms with E-state index in [1.807, 2.05) is 37.3 Å². The Kier molecular flexibility index (Phi) is 4.30. The molecule has 0 aliphatic rings. The molecule has 5 nitrogen and oxygen atoms in total. The number of carbonyl (C=O) groups is 1. The number of nitrogen functional groups attached to an aromatic ring is 1. The summed E-state index contributed by atoms with van der Waals surface area (Å²) >= 11 is 0. The predicted octanol–water partition coefficient (Wildman–Crippen LogP) is 2.63. The normalized spacial score (nSPS) is 10.3. The molecule has 5 heteroatoms. The molecule has 0 spiro atoms. The summed E-state index contributed by atoms with van der Waals surface area (Å²) in [5, 5.41) is 0. The molecular formula is C15H18N2O3. The van der Waals surface area contributed by atoms with Crippen molar-refractivity contribution >= 4 is 11.8 Å². The maximum atomic E-state index is 12.0. The molecule has 1 aromatic carbocycles. The zero-order valence-corrected chi connectivity index (χ0v) is 11.6. The third-order valence-electron chi connectivity index (χ3n) is 2.82. The van der Waals surface area contributed by atoms with Gasteiger partial charge in [0.25, 0.3) is 0 Å². The first-order valence-electron chi connectivity index (χ1n) is 6.55. The molecule has 0 atom stereocenters. The average Bonchev–Trinajstić information content (AvgIpc) is 2.77. The number of anilines is 1. The molecule has 0 bridgehead atoms. The van der Waals surface area contributed by atoms with Crippen molar-refractivity contribution in [2.45, 2.75) is 13.8 Å². The van der Waals surface area contributed by atoms with Crippen molar-refractivity contribution in [3.8, 4) is 11.4 Å². The highest BCUT2D eigenvalue weighted by molar-refractivity contribution is 5.98. The Morgan fingerprint density at radius 2 is 1.90 bits per heavy atom. The van der Waals surface area contributed by atoms with Crippen LogP contribution in [0.15, 0.2) is 36.5 Å². The van der Waals surface area contributed by atoms with E-state index in [2.05, 4.69) is 0 Å². The van der Waals surface area contributed by atoms with Crippen LogP contribution in [0.25, 0.3) is 5.69 Å². The number of esters is 1. The van der Waals surface area contributed by atoms with Crippen LogP contribution in [0.3, 0.4) is 0 Å². The van der Waals surface area contributed by atoms with Crippen LogP contribution >= 0.6 is 0 Å². The van der Waals surface area contributed by atoms with Crippen LogP contribution in [0.5, 0.6) is 5.75 Å². The van der Waals surface area contributed by atoms with Crippen molar-refractivity contribution < 1.29 is 14.3 Å². The molecule has 0 saturated heterocycles. The van der Waals surface area contributed by atoms with Crippen LogP contribution in [0, 0.1) is 0 Å². The van der Waals surface area contributed by atoms with E-state index in [0.29, 0.717) is 24.8 Å². The molecule has 0 saturated carbocycles. The summed E-state index contributed by atoms with van der Waals surface area (Å²) in [5.41, 5.74) is 7.22. The topological polar surface area (TPSA) is 66.5 Å². The number of hydrogen-bond acceptors (Lipinski definition) is 4. The van der Waals surface area contributed by atoms with E-state index in [1.54, 1.807) is 17.7 Å². The highest BCUT2D eigenvalue weighted by Gasteiger charge is 2.23. The quantitative estimate of drug-likeness (QED) is 0.851. The van der Waals surface area contributed by atoms with Crippen molar-refractivity contribution in [3.63, 3.8) is 0 Å². The van der Waals surface area contributed by atoms with Gasteiger partial charge in [-0.3, -0.25) is 4.57 Å². The molecule has 0 aliphatic heterocycles. The molecule has 0 fully saturated rings. The molecule has 106 valence electrons. The molecular weight excluding hydrogens is 256 g/mol. The Morgan fingerprint density at radius 1 is 1.20 bits per heavy atom. The number of benzene rings is 1. The number of ether oxygens (including phenoxy) is 2. The van der Waals surface area contributed by atoms with E-state index >= 15 is 0 Å². The van der Waals surface area contributed by atoms with E-state index in [-0.39, 0.29) is 5.56 Å². The minimum atomic E-state index is -0.469. The Bertz CT molecular complexity index is 591. The third kappa shape index (κ3) is 2.61. The van der Waals surface area contributed by atoms with Crippen LogP contribution in [-0.4, -0.2) is 23.8 Å². The van der Waals surface area contributed by atoms with Crippen molar-refractivity contribution in [2.24, 2.45) is 0 Å². The van der Waals surface area contributed by atoms with Crippen LogP contribution < -0.4 is 10.5 Å². The fourth-order valence-electron chi connectivity index (χ4n) is 1.97. The Hall–Kier alpha value is -2.43. The molecule has 20 heavy (non-hydrogen) atoms. The van der Waals surface area contributed by atoms with Gasteiger partial charge in [0, 0.05) is 5.69 Å². The number of para-hydroxylation sites is 1. The van der Waals surface area contributed by atoms with Gasteiger partial charge in [0.05, 0.1) is 19.4 Å². The Morgan fingerprint density at radius 3 is 2.50 bits per heavy atom. The number of hydrogen-bond donors (Lipinski definition) is 1. The number of nitrogens with zero attached hydrogens (tertiary/aromatic N) is 1. The third-order valence-corrected chi connectivity index (χ3v) is 2.82. The second-order valence-corrected chi connectivity index (χ2v) is 4.11. The summed E-state index contributed by atoms with van der Waals surface area (Å²) in [7, 11) is 0. The standard InChI is InChI=1S/C15H18N2O3/c1-3-19-12-10-17(11-8-6-5-7-9-11)14(16)13(12)15(18)20-4-2/h5-10H,3-4,16H2,1-2H3. The molecule has 0 unspecified atom stereocenters. The first-order valence-corrected chi connectivity index (χ1v) is 6.55. The predicted molar refractivity (Wildman–Crippen MR) is 77.3 cm³/mol. The first kappa shape index (κ1) is 14.0. The van der Waals surface area contributed by atoms with Crippen LogP contribution in [-0.2, 0) is 4.74 Å². The molecule has 2 rings (SSSR count). The summed E-state index contributed by atoms with van der Waals surface area (Å²) in [4.78, 5) is 12.0. The number of nitrogens with two attached hydrogens (primary N) is 1. The largest absolute Gasteiger partial charge is 0.491 e. The van der Waals surface area contributed by atoms with Gasteiger partial charge in [-0.1, -0.05) is 18.2 Å². The van der Waals surface area contributed by atoms with Gasteiger partial charge in [0.1, 0.15) is 11.4 Å². The lowest BCUT2D eigenvalue weighted by Gasteiger charge is -2.06. The minimum absolute atomic E-state index is 0.276. The van der Waals surface area contributed by atoms with Crippen LogP contribution in [0.1, 0.15) is 24.2 Å². The highest BCUT2D eigenvalue weighted by atomic mass is 16.5. The molecule has 2 aromatic rings. The first-order chi connectivity index (χ1) is 9.69. The fraction of sp³-hybridized carbons (Fsp3) is 0.267. The summed E-state index contributed by atoms with van der Waals surface area (Å²) in [5.74, 6) is 0.286. The van der Waals surface area contributed by atoms with Gasteiger partial charge >= 0.3 is 5.97 Å². The Balaban J connectivity index is 2.50. The highest BCUT2D eigenvalue weighted by Crippen LogP contribution is 2.30. The van der Waals surface area contributed by atoms with Gasteiger partial charge in [-0.25, -0.2) is 4.79 Å². The number of carbonyl (C=O) groups excluding carboxylic acids is 1.